The second-order valence-electron chi connectivity index (χ2n) is 6.13. The lowest BCUT2D eigenvalue weighted by Crippen LogP contribution is -2.46. The number of benzene rings is 1. The van der Waals surface area contributed by atoms with Crippen LogP contribution in [0, 0.1) is 0 Å². The van der Waals surface area contributed by atoms with Gasteiger partial charge in [-0.05, 0) is 31.7 Å². The molecule has 1 aromatic carbocycles. The van der Waals surface area contributed by atoms with Crippen molar-refractivity contribution >= 4 is 5.97 Å². The minimum Gasteiger partial charge on any atom is -0.452 e. The molecule has 3 rings (SSSR count). The van der Waals surface area contributed by atoms with E-state index in [4.69, 9.17) is 9.47 Å². The van der Waals surface area contributed by atoms with Crippen molar-refractivity contribution in [3.05, 3.63) is 54.1 Å². The number of nitrogens with zero attached hydrogens (tertiary/aromatic N) is 2. The number of methoxy groups -OCH3 is 1. The Labute approximate surface area is 136 Å². The van der Waals surface area contributed by atoms with Crippen LogP contribution in [0.4, 0.5) is 0 Å². The summed E-state index contributed by atoms with van der Waals surface area (Å²) in [7, 11) is 1.63. The molecule has 5 nitrogen and oxygen atoms in total. The lowest BCUT2D eigenvalue weighted by Gasteiger charge is -2.40. The monoisotopic (exact) mass is 314 g/mol. The average molecular weight is 314 g/mol. The Morgan fingerprint density at radius 1 is 1.35 bits per heavy atom. The molecule has 1 heterocycles. The summed E-state index contributed by atoms with van der Waals surface area (Å²) in [5.74, 6) is -0.331. The molecular weight excluding hydrogens is 292 g/mol. The largest absolute Gasteiger partial charge is 0.452 e. The summed E-state index contributed by atoms with van der Waals surface area (Å²) in [5.41, 5.74) is 1.13. The normalized spacial score (nSPS) is 17.3. The minimum absolute atomic E-state index is 0.0148. The van der Waals surface area contributed by atoms with Crippen molar-refractivity contribution in [1.29, 1.82) is 0 Å². The Morgan fingerprint density at radius 2 is 2.09 bits per heavy atom. The molecule has 1 atom stereocenters. The van der Waals surface area contributed by atoms with Crippen LogP contribution in [-0.4, -0.2) is 34.8 Å². The first kappa shape index (κ1) is 15.7. The predicted octanol–water partition coefficient (Wildman–Crippen LogP) is 3.22. The molecule has 1 aliphatic carbocycles. The van der Waals surface area contributed by atoms with Crippen LogP contribution in [0.2, 0.25) is 0 Å². The van der Waals surface area contributed by atoms with Gasteiger partial charge in [0.15, 0.2) is 0 Å². The maximum atomic E-state index is 12.6. The average Bonchev–Trinajstić information content (AvgIpc) is 3.02. The fourth-order valence-electron chi connectivity index (χ4n) is 3.02. The molecule has 122 valence electrons. The number of imidazole rings is 1. The Bertz CT molecular complexity index is 662. The van der Waals surface area contributed by atoms with Gasteiger partial charge in [0.25, 0.3) is 0 Å². The summed E-state index contributed by atoms with van der Waals surface area (Å²) >= 11 is 0. The molecule has 1 unspecified atom stereocenters. The number of ether oxygens (including phenoxy) is 2. The molecule has 1 saturated carbocycles. The number of aromatic nitrogens is 2. The fraction of sp³-hybridized carbons (Fsp3) is 0.444. The maximum absolute atomic E-state index is 12.6. The summed E-state index contributed by atoms with van der Waals surface area (Å²) in [6, 6.07) is 10.0. The van der Waals surface area contributed by atoms with Gasteiger partial charge in [-0.15, -0.1) is 0 Å². The first-order valence-corrected chi connectivity index (χ1v) is 7.94. The van der Waals surface area contributed by atoms with Crippen molar-refractivity contribution in [3.63, 3.8) is 0 Å². The third-order valence-corrected chi connectivity index (χ3v) is 4.56. The number of hydrogen-bond donors (Lipinski definition) is 0. The molecule has 0 amide bonds. The highest BCUT2D eigenvalue weighted by atomic mass is 16.6. The van der Waals surface area contributed by atoms with Crippen molar-refractivity contribution < 1.29 is 14.3 Å². The van der Waals surface area contributed by atoms with Gasteiger partial charge < -0.3 is 14.0 Å². The SMILES string of the molecule is COCC1(OC(=O)c2cncn2C(C)c2ccccc2)CCC1. The van der Waals surface area contributed by atoms with Crippen LogP contribution in [0.5, 0.6) is 0 Å². The van der Waals surface area contributed by atoms with Gasteiger partial charge >= 0.3 is 5.97 Å². The van der Waals surface area contributed by atoms with Crippen molar-refractivity contribution in [1.82, 2.24) is 9.55 Å². The second kappa shape index (κ2) is 6.54. The lowest BCUT2D eigenvalue weighted by atomic mass is 9.80. The number of carbonyl (C=O) groups excluding carboxylic acids is 1. The van der Waals surface area contributed by atoms with E-state index in [-0.39, 0.29) is 12.0 Å². The molecule has 2 aromatic rings. The van der Waals surface area contributed by atoms with E-state index in [0.717, 1.165) is 24.8 Å². The number of esters is 1. The highest BCUT2D eigenvalue weighted by Gasteiger charge is 2.41. The summed E-state index contributed by atoms with van der Waals surface area (Å²) in [6.07, 6.45) is 6.03. The molecule has 5 heteroatoms. The van der Waals surface area contributed by atoms with Crippen LogP contribution in [0.1, 0.15) is 48.3 Å². The molecule has 0 saturated heterocycles. The quantitative estimate of drug-likeness (QED) is 0.768. The molecule has 0 aliphatic heterocycles. The van der Waals surface area contributed by atoms with Gasteiger partial charge in [0.1, 0.15) is 11.3 Å². The third kappa shape index (κ3) is 3.15. The summed E-state index contributed by atoms with van der Waals surface area (Å²) in [5, 5.41) is 0. The van der Waals surface area contributed by atoms with Crippen molar-refractivity contribution in [3.8, 4) is 0 Å². The standard InChI is InChI=1S/C18H22N2O3/c1-14(15-7-4-3-5-8-15)20-13-19-11-16(20)17(21)23-18(12-22-2)9-6-10-18/h3-5,7-8,11,13-14H,6,9-10,12H2,1-2H3. The molecule has 1 aromatic heterocycles. The molecule has 0 N–H and O–H groups in total. The van der Waals surface area contributed by atoms with Gasteiger partial charge in [-0.25, -0.2) is 9.78 Å². The maximum Gasteiger partial charge on any atom is 0.357 e. The number of rotatable bonds is 6. The van der Waals surface area contributed by atoms with Gasteiger partial charge in [0.2, 0.25) is 0 Å². The zero-order valence-corrected chi connectivity index (χ0v) is 13.6. The van der Waals surface area contributed by atoms with Gasteiger partial charge in [0, 0.05) is 7.11 Å². The molecule has 0 bridgehead atoms. The zero-order valence-electron chi connectivity index (χ0n) is 13.6. The van der Waals surface area contributed by atoms with Crippen molar-refractivity contribution in [2.45, 2.75) is 37.8 Å². The van der Waals surface area contributed by atoms with E-state index in [9.17, 15) is 4.79 Å². The molecular formula is C18H22N2O3. The smallest absolute Gasteiger partial charge is 0.357 e. The van der Waals surface area contributed by atoms with E-state index in [1.807, 2.05) is 41.8 Å². The van der Waals surface area contributed by atoms with E-state index in [1.165, 1.54) is 0 Å². The molecule has 0 spiro atoms. The second-order valence-corrected chi connectivity index (χ2v) is 6.13. The van der Waals surface area contributed by atoms with E-state index in [2.05, 4.69) is 4.98 Å². The lowest BCUT2D eigenvalue weighted by molar-refractivity contribution is -0.100. The topological polar surface area (TPSA) is 53.4 Å². The van der Waals surface area contributed by atoms with E-state index in [1.54, 1.807) is 19.6 Å². The van der Waals surface area contributed by atoms with Gasteiger partial charge in [-0.3, -0.25) is 0 Å². The number of hydrogen-bond acceptors (Lipinski definition) is 4. The van der Waals surface area contributed by atoms with Crippen LogP contribution in [0.15, 0.2) is 42.9 Å². The van der Waals surface area contributed by atoms with E-state index in [0.29, 0.717) is 12.3 Å². The van der Waals surface area contributed by atoms with Crippen LogP contribution < -0.4 is 0 Å². The Balaban J connectivity index is 1.79. The first-order valence-electron chi connectivity index (χ1n) is 7.94. The Kier molecular flexibility index (Phi) is 4.48. The Hall–Kier alpha value is -2.14. The van der Waals surface area contributed by atoms with Crippen LogP contribution in [0.3, 0.4) is 0 Å². The molecule has 1 fully saturated rings. The molecule has 1 aliphatic rings. The van der Waals surface area contributed by atoms with Crippen LogP contribution >= 0.6 is 0 Å². The predicted molar refractivity (Wildman–Crippen MR) is 86.4 cm³/mol. The van der Waals surface area contributed by atoms with E-state index >= 15 is 0 Å². The van der Waals surface area contributed by atoms with Crippen LogP contribution in [-0.2, 0) is 9.47 Å². The van der Waals surface area contributed by atoms with Crippen molar-refractivity contribution in [2.75, 3.05) is 13.7 Å². The highest BCUT2D eigenvalue weighted by Crippen LogP contribution is 2.36. The third-order valence-electron chi connectivity index (χ3n) is 4.56. The van der Waals surface area contributed by atoms with Gasteiger partial charge in [-0.2, -0.15) is 0 Å². The summed E-state index contributed by atoms with van der Waals surface area (Å²) < 4.78 is 12.8. The summed E-state index contributed by atoms with van der Waals surface area (Å²) in [6.45, 7) is 2.49. The number of carbonyl (C=O) groups is 1. The van der Waals surface area contributed by atoms with Crippen molar-refractivity contribution in [2.24, 2.45) is 0 Å². The van der Waals surface area contributed by atoms with Crippen LogP contribution in [0.25, 0.3) is 0 Å². The highest BCUT2D eigenvalue weighted by molar-refractivity contribution is 5.87. The minimum atomic E-state index is -0.461. The van der Waals surface area contributed by atoms with Gasteiger partial charge in [0.05, 0.1) is 25.2 Å². The first-order chi connectivity index (χ1) is 11.2. The summed E-state index contributed by atoms with van der Waals surface area (Å²) in [4.78, 5) is 16.7. The molecule has 23 heavy (non-hydrogen) atoms. The molecule has 0 radical (unpaired) electrons. The fourth-order valence-corrected chi connectivity index (χ4v) is 3.02. The Morgan fingerprint density at radius 3 is 2.70 bits per heavy atom. The van der Waals surface area contributed by atoms with Gasteiger partial charge in [-0.1, -0.05) is 30.3 Å². The van der Waals surface area contributed by atoms with E-state index < -0.39 is 5.60 Å². The zero-order chi connectivity index (χ0) is 16.3.